The number of methoxy groups -OCH3 is 1. The Balaban J connectivity index is 2.07. The molecular formula is C14H15NO3. The van der Waals surface area contributed by atoms with Crippen LogP contribution in [0.15, 0.2) is 42.5 Å². The molecule has 4 heteroatoms. The van der Waals surface area contributed by atoms with Crippen molar-refractivity contribution in [1.82, 2.24) is 0 Å². The van der Waals surface area contributed by atoms with Gasteiger partial charge in [-0.1, -0.05) is 12.1 Å². The highest BCUT2D eigenvalue weighted by atomic mass is 16.5. The zero-order valence-corrected chi connectivity index (χ0v) is 10.1. The van der Waals surface area contributed by atoms with Crippen molar-refractivity contribution in [2.75, 3.05) is 12.8 Å². The fraction of sp³-hybridized carbons (Fsp3) is 0.143. The van der Waals surface area contributed by atoms with E-state index in [2.05, 4.69) is 0 Å². The van der Waals surface area contributed by atoms with E-state index < -0.39 is 0 Å². The Bertz CT molecular complexity index is 523. The van der Waals surface area contributed by atoms with E-state index in [0.717, 1.165) is 5.56 Å². The second kappa shape index (κ2) is 5.31. The van der Waals surface area contributed by atoms with E-state index in [1.54, 1.807) is 49.6 Å². The van der Waals surface area contributed by atoms with E-state index in [4.69, 9.17) is 15.2 Å². The van der Waals surface area contributed by atoms with Gasteiger partial charge in [-0.2, -0.15) is 0 Å². The van der Waals surface area contributed by atoms with Gasteiger partial charge < -0.3 is 20.3 Å². The summed E-state index contributed by atoms with van der Waals surface area (Å²) >= 11 is 0. The van der Waals surface area contributed by atoms with Gasteiger partial charge in [-0.15, -0.1) is 0 Å². The van der Waals surface area contributed by atoms with E-state index in [1.165, 1.54) is 0 Å². The maximum Gasteiger partial charge on any atom is 0.146 e. The highest BCUT2D eigenvalue weighted by molar-refractivity contribution is 5.55. The van der Waals surface area contributed by atoms with Crippen molar-refractivity contribution >= 4 is 5.69 Å². The topological polar surface area (TPSA) is 64.7 Å². The van der Waals surface area contributed by atoms with Crippen molar-refractivity contribution in [2.24, 2.45) is 0 Å². The standard InChI is InChI=1S/C14H15NO3/c1-17-12-6-7-13(15)14(8-12)18-9-10-2-4-11(16)5-3-10/h2-8,16H,9,15H2,1H3. The summed E-state index contributed by atoms with van der Waals surface area (Å²) in [5.74, 6) is 1.52. The molecule has 0 saturated heterocycles. The van der Waals surface area contributed by atoms with Crippen LogP contribution in [0.3, 0.4) is 0 Å². The van der Waals surface area contributed by atoms with Crippen LogP contribution in [0.1, 0.15) is 5.56 Å². The molecule has 2 rings (SSSR count). The summed E-state index contributed by atoms with van der Waals surface area (Å²) < 4.78 is 10.7. The first-order valence-electron chi connectivity index (χ1n) is 5.53. The predicted octanol–water partition coefficient (Wildman–Crippen LogP) is 2.56. The Morgan fingerprint density at radius 1 is 1.11 bits per heavy atom. The second-order valence-electron chi connectivity index (χ2n) is 3.86. The number of anilines is 1. The number of hydrogen-bond acceptors (Lipinski definition) is 4. The number of benzene rings is 2. The summed E-state index contributed by atoms with van der Waals surface area (Å²) in [6, 6.07) is 12.1. The third kappa shape index (κ3) is 2.85. The van der Waals surface area contributed by atoms with Crippen molar-refractivity contribution in [3.63, 3.8) is 0 Å². The molecule has 0 heterocycles. The van der Waals surface area contributed by atoms with Gasteiger partial charge in [0, 0.05) is 6.07 Å². The zero-order chi connectivity index (χ0) is 13.0. The first-order chi connectivity index (χ1) is 8.69. The maximum atomic E-state index is 9.18. The van der Waals surface area contributed by atoms with Crippen molar-refractivity contribution in [3.05, 3.63) is 48.0 Å². The molecule has 0 unspecified atom stereocenters. The molecule has 0 radical (unpaired) electrons. The highest BCUT2D eigenvalue weighted by Crippen LogP contribution is 2.27. The number of phenolic OH excluding ortho intramolecular Hbond substituents is 1. The minimum atomic E-state index is 0.236. The fourth-order valence-electron chi connectivity index (χ4n) is 1.52. The van der Waals surface area contributed by atoms with Gasteiger partial charge in [-0.25, -0.2) is 0 Å². The number of nitrogens with two attached hydrogens (primary N) is 1. The first kappa shape index (κ1) is 12.1. The summed E-state index contributed by atoms with van der Waals surface area (Å²) in [4.78, 5) is 0. The third-order valence-electron chi connectivity index (χ3n) is 2.55. The smallest absolute Gasteiger partial charge is 0.146 e. The Morgan fingerprint density at radius 2 is 1.83 bits per heavy atom. The van der Waals surface area contributed by atoms with Gasteiger partial charge >= 0.3 is 0 Å². The number of aromatic hydroxyl groups is 1. The molecule has 0 aliphatic rings. The minimum Gasteiger partial charge on any atom is -0.508 e. The summed E-state index contributed by atoms with van der Waals surface area (Å²) in [5, 5.41) is 9.18. The molecule has 4 nitrogen and oxygen atoms in total. The number of phenols is 1. The van der Waals surface area contributed by atoms with Crippen LogP contribution in [-0.2, 0) is 6.61 Å². The van der Waals surface area contributed by atoms with Gasteiger partial charge in [0.2, 0.25) is 0 Å². The lowest BCUT2D eigenvalue weighted by Gasteiger charge is -2.10. The van der Waals surface area contributed by atoms with Crippen LogP contribution < -0.4 is 15.2 Å². The highest BCUT2D eigenvalue weighted by Gasteiger charge is 2.03. The Morgan fingerprint density at radius 3 is 2.50 bits per heavy atom. The molecule has 2 aromatic carbocycles. The molecule has 0 amide bonds. The molecule has 2 aromatic rings. The van der Waals surface area contributed by atoms with E-state index in [0.29, 0.717) is 23.8 Å². The average Bonchev–Trinajstić information content (AvgIpc) is 2.40. The summed E-state index contributed by atoms with van der Waals surface area (Å²) in [6.07, 6.45) is 0. The van der Waals surface area contributed by atoms with Crippen molar-refractivity contribution in [2.45, 2.75) is 6.61 Å². The van der Waals surface area contributed by atoms with Gasteiger partial charge in [0.25, 0.3) is 0 Å². The summed E-state index contributed by atoms with van der Waals surface area (Å²) in [6.45, 7) is 0.387. The van der Waals surface area contributed by atoms with E-state index in [1.807, 2.05) is 0 Å². The van der Waals surface area contributed by atoms with Crippen molar-refractivity contribution in [1.29, 1.82) is 0 Å². The molecule has 0 saturated carbocycles. The molecule has 0 spiro atoms. The largest absolute Gasteiger partial charge is 0.508 e. The molecule has 0 bridgehead atoms. The number of rotatable bonds is 4. The minimum absolute atomic E-state index is 0.236. The SMILES string of the molecule is COc1ccc(N)c(OCc2ccc(O)cc2)c1. The molecule has 0 aliphatic heterocycles. The van der Waals surface area contributed by atoms with E-state index >= 15 is 0 Å². The molecule has 0 fully saturated rings. The number of ether oxygens (including phenoxy) is 2. The van der Waals surface area contributed by atoms with Crippen molar-refractivity contribution in [3.8, 4) is 17.2 Å². The molecule has 18 heavy (non-hydrogen) atoms. The lowest BCUT2D eigenvalue weighted by atomic mass is 10.2. The molecule has 0 aliphatic carbocycles. The van der Waals surface area contributed by atoms with Crippen LogP contribution in [0.4, 0.5) is 5.69 Å². The van der Waals surface area contributed by atoms with Crippen LogP contribution in [0.5, 0.6) is 17.2 Å². The molecule has 94 valence electrons. The monoisotopic (exact) mass is 245 g/mol. The zero-order valence-electron chi connectivity index (χ0n) is 10.1. The lowest BCUT2D eigenvalue weighted by molar-refractivity contribution is 0.305. The molecule has 0 aromatic heterocycles. The fourth-order valence-corrected chi connectivity index (χ4v) is 1.52. The first-order valence-corrected chi connectivity index (χ1v) is 5.53. The van der Waals surface area contributed by atoms with E-state index in [9.17, 15) is 5.11 Å². The Hall–Kier alpha value is -2.36. The lowest BCUT2D eigenvalue weighted by Crippen LogP contribution is -1.99. The van der Waals surface area contributed by atoms with Gasteiger partial charge in [0.1, 0.15) is 23.9 Å². The van der Waals surface area contributed by atoms with Gasteiger partial charge in [0.05, 0.1) is 12.8 Å². The summed E-state index contributed by atoms with van der Waals surface area (Å²) in [5.41, 5.74) is 7.33. The van der Waals surface area contributed by atoms with Gasteiger partial charge in [0.15, 0.2) is 0 Å². The second-order valence-corrected chi connectivity index (χ2v) is 3.86. The van der Waals surface area contributed by atoms with Gasteiger partial charge in [-0.3, -0.25) is 0 Å². The quantitative estimate of drug-likeness (QED) is 0.812. The van der Waals surface area contributed by atoms with Crippen LogP contribution in [0, 0.1) is 0 Å². The van der Waals surface area contributed by atoms with Crippen molar-refractivity contribution < 1.29 is 14.6 Å². The van der Waals surface area contributed by atoms with E-state index in [-0.39, 0.29) is 5.75 Å². The average molecular weight is 245 g/mol. The normalized spacial score (nSPS) is 10.1. The van der Waals surface area contributed by atoms with Crippen LogP contribution in [0.2, 0.25) is 0 Å². The molecule has 3 N–H and O–H groups in total. The number of nitrogen functional groups attached to an aromatic ring is 1. The maximum absolute atomic E-state index is 9.18. The Kier molecular flexibility index (Phi) is 3.57. The third-order valence-corrected chi connectivity index (χ3v) is 2.55. The Labute approximate surface area is 106 Å². The van der Waals surface area contributed by atoms with Crippen LogP contribution in [0.25, 0.3) is 0 Å². The molecule has 0 atom stereocenters. The van der Waals surface area contributed by atoms with Gasteiger partial charge in [-0.05, 0) is 29.8 Å². The predicted molar refractivity (Wildman–Crippen MR) is 69.8 cm³/mol. The van der Waals surface area contributed by atoms with Crippen LogP contribution >= 0.6 is 0 Å². The number of hydrogen-bond donors (Lipinski definition) is 2. The molecular weight excluding hydrogens is 230 g/mol. The van der Waals surface area contributed by atoms with Crippen LogP contribution in [-0.4, -0.2) is 12.2 Å². The summed E-state index contributed by atoms with van der Waals surface area (Å²) in [7, 11) is 1.59.